The lowest BCUT2D eigenvalue weighted by Crippen LogP contribution is -2.41. The molecule has 3 N–H and O–H groups in total. The summed E-state index contributed by atoms with van der Waals surface area (Å²) in [5.74, 6) is -4.06. The van der Waals surface area contributed by atoms with E-state index in [1.165, 1.54) is 23.0 Å². The highest BCUT2D eigenvalue weighted by Crippen LogP contribution is 2.42. The van der Waals surface area contributed by atoms with E-state index in [0.29, 0.717) is 5.69 Å². The molecule has 1 aliphatic carbocycles. The molecule has 0 atom stereocenters. The average molecular weight is 425 g/mol. The molecule has 1 aromatic carbocycles. The minimum Gasteiger partial charge on any atom is -0.346 e. The second-order valence-electron chi connectivity index (χ2n) is 6.42. The second-order valence-corrected chi connectivity index (χ2v) is 6.42. The lowest BCUT2D eigenvalue weighted by Gasteiger charge is -2.15. The highest BCUT2D eigenvalue weighted by Gasteiger charge is 2.35. The summed E-state index contributed by atoms with van der Waals surface area (Å²) in [6.45, 7) is -1.84. The van der Waals surface area contributed by atoms with Gasteiger partial charge in [0.05, 0.1) is 41.8 Å². The molecule has 11 heteroatoms. The standard InChI is InChI=1S/C17H17F5N4O.ClH/c18-16(19,8-23)9-24-15(27)13-7-25-26(14(13)10-4-5-10)12-3-1-2-11(6-12)17(20,21)22;/h1-3,6-7,10H,4-5,8-9,23H2,(H,24,27);1H. The van der Waals surface area contributed by atoms with Gasteiger partial charge in [0.1, 0.15) is 0 Å². The van der Waals surface area contributed by atoms with E-state index >= 15 is 0 Å². The lowest BCUT2D eigenvalue weighted by atomic mass is 10.1. The molecule has 2 aromatic rings. The summed E-state index contributed by atoms with van der Waals surface area (Å²) in [6.07, 6.45) is -1.85. The monoisotopic (exact) mass is 424 g/mol. The van der Waals surface area contributed by atoms with Gasteiger partial charge in [0.25, 0.3) is 11.8 Å². The van der Waals surface area contributed by atoms with Crippen LogP contribution in [0.4, 0.5) is 22.0 Å². The Morgan fingerprint density at radius 3 is 2.50 bits per heavy atom. The average Bonchev–Trinajstić information content (AvgIpc) is 3.37. The van der Waals surface area contributed by atoms with Gasteiger partial charge in [0.15, 0.2) is 0 Å². The van der Waals surface area contributed by atoms with Crippen molar-refractivity contribution in [1.29, 1.82) is 0 Å². The zero-order valence-electron chi connectivity index (χ0n) is 14.5. The van der Waals surface area contributed by atoms with Crippen molar-refractivity contribution in [1.82, 2.24) is 15.1 Å². The van der Waals surface area contributed by atoms with Crippen LogP contribution >= 0.6 is 12.4 Å². The molecule has 1 amide bonds. The van der Waals surface area contributed by atoms with Gasteiger partial charge in [-0.25, -0.2) is 13.5 Å². The molecule has 28 heavy (non-hydrogen) atoms. The molecule has 0 spiro atoms. The molecule has 1 aliphatic rings. The molecule has 0 aliphatic heterocycles. The highest BCUT2D eigenvalue weighted by atomic mass is 35.5. The Hall–Kier alpha value is -2.20. The molecule has 3 rings (SSSR count). The van der Waals surface area contributed by atoms with Crippen LogP contribution in [0.2, 0.25) is 0 Å². The van der Waals surface area contributed by atoms with Crippen LogP contribution in [0.3, 0.4) is 0 Å². The summed E-state index contributed by atoms with van der Waals surface area (Å²) >= 11 is 0. The van der Waals surface area contributed by atoms with E-state index in [4.69, 9.17) is 5.73 Å². The third-order valence-electron chi connectivity index (χ3n) is 4.24. The number of nitrogens with two attached hydrogens (primary N) is 1. The minimum atomic E-state index is -4.52. The Kier molecular flexibility index (Phi) is 6.34. The predicted octanol–water partition coefficient (Wildman–Crippen LogP) is 3.51. The van der Waals surface area contributed by atoms with Crippen molar-refractivity contribution in [2.75, 3.05) is 13.1 Å². The maximum Gasteiger partial charge on any atom is 0.416 e. The number of rotatable bonds is 6. The Balaban J connectivity index is 0.00000280. The molecule has 0 saturated heterocycles. The van der Waals surface area contributed by atoms with Crippen LogP contribution in [0, 0.1) is 0 Å². The maximum absolute atomic E-state index is 13.3. The first kappa shape index (κ1) is 22.1. The topological polar surface area (TPSA) is 72.9 Å². The molecule has 1 heterocycles. The van der Waals surface area contributed by atoms with Crippen LogP contribution in [0.25, 0.3) is 5.69 Å². The zero-order valence-corrected chi connectivity index (χ0v) is 15.3. The Morgan fingerprint density at radius 1 is 1.25 bits per heavy atom. The van der Waals surface area contributed by atoms with E-state index in [1.54, 1.807) is 0 Å². The number of halogens is 6. The van der Waals surface area contributed by atoms with Crippen molar-refractivity contribution in [2.24, 2.45) is 5.73 Å². The predicted molar refractivity (Wildman–Crippen MR) is 94.1 cm³/mol. The van der Waals surface area contributed by atoms with E-state index < -0.39 is 36.7 Å². The molecular formula is C17H18ClF5N4O. The number of hydrogen-bond acceptors (Lipinski definition) is 3. The SMILES string of the molecule is Cl.NCC(F)(F)CNC(=O)c1cnn(-c2cccc(C(F)(F)F)c2)c1C1CC1. The minimum absolute atomic E-state index is 0. The van der Waals surface area contributed by atoms with Crippen LogP contribution < -0.4 is 11.1 Å². The first-order valence-electron chi connectivity index (χ1n) is 8.24. The molecule has 0 unspecified atom stereocenters. The molecule has 1 fully saturated rings. The van der Waals surface area contributed by atoms with Gasteiger partial charge in [-0.3, -0.25) is 4.79 Å². The number of aromatic nitrogens is 2. The zero-order chi connectivity index (χ0) is 19.8. The molecular weight excluding hydrogens is 407 g/mol. The number of nitrogens with zero attached hydrogens (tertiary/aromatic N) is 2. The van der Waals surface area contributed by atoms with Gasteiger partial charge in [0, 0.05) is 5.92 Å². The fourth-order valence-corrected chi connectivity index (χ4v) is 2.68. The van der Waals surface area contributed by atoms with E-state index in [2.05, 4.69) is 10.4 Å². The number of carbonyl (C=O) groups is 1. The maximum atomic E-state index is 13.3. The summed E-state index contributed by atoms with van der Waals surface area (Å²) in [4.78, 5) is 12.3. The van der Waals surface area contributed by atoms with Crippen molar-refractivity contribution in [3.63, 3.8) is 0 Å². The summed E-state index contributed by atoms with van der Waals surface area (Å²) in [7, 11) is 0. The van der Waals surface area contributed by atoms with Crippen LogP contribution in [-0.4, -0.2) is 34.7 Å². The first-order valence-corrected chi connectivity index (χ1v) is 8.24. The van der Waals surface area contributed by atoms with Crippen LogP contribution in [0.15, 0.2) is 30.5 Å². The molecule has 1 aromatic heterocycles. The number of carbonyl (C=O) groups excluding carboxylic acids is 1. The fraction of sp³-hybridized carbons (Fsp3) is 0.412. The molecule has 1 saturated carbocycles. The number of hydrogen-bond donors (Lipinski definition) is 2. The quantitative estimate of drug-likeness (QED) is 0.697. The van der Waals surface area contributed by atoms with E-state index in [1.807, 2.05) is 0 Å². The Bertz CT molecular complexity index is 848. The Morgan fingerprint density at radius 2 is 1.93 bits per heavy atom. The summed E-state index contributed by atoms with van der Waals surface area (Å²) in [6, 6.07) is 4.56. The van der Waals surface area contributed by atoms with Crippen LogP contribution in [0.1, 0.15) is 40.4 Å². The lowest BCUT2D eigenvalue weighted by molar-refractivity contribution is -0.137. The van der Waals surface area contributed by atoms with Gasteiger partial charge >= 0.3 is 6.18 Å². The molecule has 0 radical (unpaired) electrons. The van der Waals surface area contributed by atoms with Crippen molar-refractivity contribution >= 4 is 18.3 Å². The van der Waals surface area contributed by atoms with Gasteiger partial charge in [-0.1, -0.05) is 6.07 Å². The Labute approximate surface area is 163 Å². The normalized spacial score (nSPS) is 14.5. The van der Waals surface area contributed by atoms with E-state index in [0.717, 1.165) is 25.0 Å². The summed E-state index contributed by atoms with van der Waals surface area (Å²) < 4.78 is 66.7. The van der Waals surface area contributed by atoms with Crippen molar-refractivity contribution in [2.45, 2.75) is 30.9 Å². The molecule has 0 bridgehead atoms. The van der Waals surface area contributed by atoms with Gasteiger partial charge in [0.2, 0.25) is 0 Å². The van der Waals surface area contributed by atoms with Crippen molar-refractivity contribution in [3.8, 4) is 5.69 Å². The number of alkyl halides is 5. The third-order valence-corrected chi connectivity index (χ3v) is 4.24. The number of amides is 1. The van der Waals surface area contributed by atoms with E-state index in [-0.39, 0.29) is 29.6 Å². The van der Waals surface area contributed by atoms with Crippen LogP contribution in [-0.2, 0) is 6.18 Å². The third kappa shape index (κ3) is 4.79. The van der Waals surface area contributed by atoms with Gasteiger partial charge in [-0.2, -0.15) is 18.3 Å². The highest BCUT2D eigenvalue weighted by molar-refractivity contribution is 5.95. The molecule has 5 nitrogen and oxygen atoms in total. The fourth-order valence-electron chi connectivity index (χ4n) is 2.68. The second kappa shape index (κ2) is 8.04. The smallest absolute Gasteiger partial charge is 0.346 e. The first-order chi connectivity index (χ1) is 12.6. The van der Waals surface area contributed by atoms with Crippen molar-refractivity contribution < 1.29 is 26.7 Å². The van der Waals surface area contributed by atoms with Gasteiger partial charge < -0.3 is 11.1 Å². The van der Waals surface area contributed by atoms with Gasteiger partial charge in [-0.15, -0.1) is 12.4 Å². The largest absolute Gasteiger partial charge is 0.416 e. The number of benzene rings is 1. The summed E-state index contributed by atoms with van der Waals surface area (Å²) in [5, 5.41) is 6.14. The summed E-state index contributed by atoms with van der Waals surface area (Å²) in [5.41, 5.74) is 4.74. The molecule has 154 valence electrons. The van der Waals surface area contributed by atoms with Gasteiger partial charge in [-0.05, 0) is 31.0 Å². The van der Waals surface area contributed by atoms with Crippen molar-refractivity contribution in [3.05, 3.63) is 47.3 Å². The number of nitrogens with one attached hydrogen (secondary N) is 1. The van der Waals surface area contributed by atoms with Crippen LogP contribution in [0.5, 0.6) is 0 Å². The van der Waals surface area contributed by atoms with E-state index in [9.17, 15) is 26.7 Å².